The fraction of sp³-hybridized carbons (Fsp3) is 0.556. The average Bonchev–Trinajstić information content (AvgIpc) is 3.07. The Morgan fingerprint density at radius 3 is 2.36 bits per heavy atom. The van der Waals surface area contributed by atoms with E-state index in [1.165, 1.54) is 12.1 Å². The van der Waals surface area contributed by atoms with Gasteiger partial charge in [-0.05, 0) is 64.8 Å². The molecule has 0 saturated carbocycles. The van der Waals surface area contributed by atoms with Crippen molar-refractivity contribution in [2.75, 3.05) is 6.54 Å². The van der Waals surface area contributed by atoms with E-state index in [4.69, 9.17) is 0 Å². The molecule has 7 nitrogen and oxygen atoms in total. The zero-order valence-electron chi connectivity index (χ0n) is 15.1. The van der Waals surface area contributed by atoms with Crippen LogP contribution in [-0.4, -0.2) is 60.4 Å². The summed E-state index contributed by atoms with van der Waals surface area (Å²) >= 11 is 0. The maximum atomic E-state index is 12.9. The second kappa shape index (κ2) is 5.62. The molecule has 0 radical (unpaired) electrons. The largest absolute Gasteiger partial charge is 0.715 e. The van der Waals surface area contributed by atoms with Crippen molar-refractivity contribution >= 4 is 11.7 Å². The first-order chi connectivity index (χ1) is 11.6. The zero-order valence-corrected chi connectivity index (χ0v) is 15.1. The van der Waals surface area contributed by atoms with Crippen LogP contribution in [0.2, 0.25) is 0 Å². The van der Waals surface area contributed by atoms with Gasteiger partial charge >= 0.3 is 5.84 Å². The summed E-state index contributed by atoms with van der Waals surface area (Å²) in [6, 6.07) is 5.58. The van der Waals surface area contributed by atoms with Crippen LogP contribution in [0.4, 0.5) is 0 Å². The van der Waals surface area contributed by atoms with Crippen molar-refractivity contribution in [3.63, 3.8) is 0 Å². The van der Waals surface area contributed by atoms with E-state index in [-0.39, 0.29) is 17.5 Å². The number of rotatable bonds is 2. The maximum absolute atomic E-state index is 12.9. The summed E-state index contributed by atoms with van der Waals surface area (Å²) in [6.07, 6.45) is 1.39. The molecule has 136 valence electrons. The molecule has 1 fully saturated rings. The second-order valence-electron chi connectivity index (χ2n) is 7.79. The fourth-order valence-electron chi connectivity index (χ4n) is 3.49. The monoisotopic (exact) mass is 347 g/mol. The average molecular weight is 347 g/mol. The lowest BCUT2D eigenvalue weighted by molar-refractivity contribution is -0.541. The number of likely N-dealkylation sites (tertiary alicyclic amines) is 1. The first-order valence-electron chi connectivity index (χ1n) is 8.52. The van der Waals surface area contributed by atoms with Gasteiger partial charge in [-0.3, -0.25) is 9.53 Å². The molecular formula is C18H25N3O4. The molecular weight excluding hydrogens is 322 g/mol. The van der Waals surface area contributed by atoms with Gasteiger partial charge in [0.1, 0.15) is 17.3 Å². The first kappa shape index (κ1) is 17.5. The lowest BCUT2D eigenvalue weighted by Gasteiger charge is -2.33. The third-order valence-corrected chi connectivity index (χ3v) is 5.89. The molecule has 7 heteroatoms. The highest BCUT2D eigenvalue weighted by molar-refractivity contribution is 5.98. The van der Waals surface area contributed by atoms with Crippen molar-refractivity contribution in [1.29, 1.82) is 0 Å². The molecule has 3 rings (SSSR count). The Hall–Kier alpha value is -2.28. The van der Waals surface area contributed by atoms with Crippen LogP contribution in [0.15, 0.2) is 24.3 Å². The van der Waals surface area contributed by atoms with Gasteiger partial charge in [-0.1, -0.05) is 0 Å². The summed E-state index contributed by atoms with van der Waals surface area (Å²) < 4.78 is 0.847. The summed E-state index contributed by atoms with van der Waals surface area (Å²) in [6.45, 7) is 7.73. The van der Waals surface area contributed by atoms with Gasteiger partial charge < -0.3 is 15.2 Å². The van der Waals surface area contributed by atoms with Crippen LogP contribution in [0.3, 0.4) is 0 Å². The Morgan fingerprint density at radius 1 is 1.24 bits per heavy atom. The third kappa shape index (κ3) is 2.45. The molecule has 0 bridgehead atoms. The van der Waals surface area contributed by atoms with E-state index in [9.17, 15) is 20.3 Å². The quantitative estimate of drug-likeness (QED) is 0.632. The number of amidine groups is 1. The van der Waals surface area contributed by atoms with Gasteiger partial charge in [0.25, 0.3) is 5.91 Å². The van der Waals surface area contributed by atoms with E-state index in [2.05, 4.69) is 0 Å². The van der Waals surface area contributed by atoms with Crippen molar-refractivity contribution in [3.05, 3.63) is 35.0 Å². The number of carbonyl (C=O) groups excluding carboxylic acids is 1. The Labute approximate surface area is 147 Å². The van der Waals surface area contributed by atoms with Crippen LogP contribution < -0.4 is 0 Å². The number of hydrogen-bond donors (Lipinski definition) is 2. The zero-order chi connectivity index (χ0) is 18.6. The number of phenols is 1. The smallest absolute Gasteiger partial charge is 0.304 e. The lowest BCUT2D eigenvalue weighted by atomic mass is 9.84. The molecule has 2 N–H and O–H groups in total. The predicted molar refractivity (Wildman–Crippen MR) is 92.6 cm³/mol. The van der Waals surface area contributed by atoms with Gasteiger partial charge in [-0.15, -0.1) is 5.06 Å². The number of nitrogens with zero attached hydrogens (tertiary/aromatic N) is 3. The standard InChI is InChI=1S/C18H25N3O4/c1-17(2)18(3,4)21(25)15(20(17)24)14-6-5-11-19(14)16(23)12-7-9-13(22)10-8-12/h7-10,14,22,24H,5-6,11H2,1-4H3. The molecule has 1 amide bonds. The summed E-state index contributed by atoms with van der Waals surface area (Å²) in [5.74, 6) is 0.106. The molecule has 2 aliphatic rings. The summed E-state index contributed by atoms with van der Waals surface area (Å²) in [7, 11) is 0. The van der Waals surface area contributed by atoms with Crippen molar-refractivity contribution in [2.24, 2.45) is 0 Å². The van der Waals surface area contributed by atoms with E-state index in [1.54, 1.807) is 30.9 Å². The highest BCUT2D eigenvalue weighted by Crippen LogP contribution is 2.38. The summed E-state index contributed by atoms with van der Waals surface area (Å²) in [5.41, 5.74) is -1.16. The molecule has 0 spiro atoms. The van der Waals surface area contributed by atoms with Crippen molar-refractivity contribution in [1.82, 2.24) is 9.96 Å². The molecule has 1 unspecified atom stereocenters. The van der Waals surface area contributed by atoms with E-state index in [1.807, 2.05) is 13.8 Å². The third-order valence-electron chi connectivity index (χ3n) is 5.89. The van der Waals surface area contributed by atoms with Crippen LogP contribution in [0, 0.1) is 5.21 Å². The molecule has 2 heterocycles. The van der Waals surface area contributed by atoms with Crippen LogP contribution in [0.5, 0.6) is 5.75 Å². The molecule has 0 aromatic heterocycles. The van der Waals surface area contributed by atoms with Crippen molar-refractivity contribution < 1.29 is 19.8 Å². The molecule has 1 atom stereocenters. The number of benzene rings is 1. The van der Waals surface area contributed by atoms with Crippen LogP contribution in [0.25, 0.3) is 0 Å². The lowest BCUT2D eigenvalue weighted by Crippen LogP contribution is -2.55. The number of hydroxylamine groups is 3. The number of phenolic OH excluding ortho intramolecular Hbond substituents is 1. The number of amides is 1. The first-order valence-corrected chi connectivity index (χ1v) is 8.52. The normalized spacial score (nSPS) is 24.9. The van der Waals surface area contributed by atoms with Crippen molar-refractivity contribution in [2.45, 2.75) is 57.7 Å². The maximum Gasteiger partial charge on any atom is 0.304 e. The van der Waals surface area contributed by atoms with Gasteiger partial charge in [-0.2, -0.15) is 0 Å². The van der Waals surface area contributed by atoms with E-state index >= 15 is 0 Å². The van der Waals surface area contributed by atoms with Gasteiger partial charge in [0, 0.05) is 12.1 Å². The predicted octanol–water partition coefficient (Wildman–Crippen LogP) is 2.17. The minimum Gasteiger partial charge on any atom is -0.715 e. The van der Waals surface area contributed by atoms with Crippen LogP contribution in [0.1, 0.15) is 50.9 Å². The molecule has 1 saturated heterocycles. The molecule has 1 aromatic carbocycles. The topological polar surface area (TPSA) is 90.1 Å². The summed E-state index contributed by atoms with van der Waals surface area (Å²) in [4.78, 5) is 14.5. The van der Waals surface area contributed by atoms with Crippen molar-refractivity contribution in [3.8, 4) is 5.75 Å². The Morgan fingerprint density at radius 2 is 1.84 bits per heavy atom. The second-order valence-corrected chi connectivity index (χ2v) is 7.79. The molecule has 2 aliphatic heterocycles. The Bertz CT molecular complexity index is 724. The van der Waals surface area contributed by atoms with Crippen LogP contribution in [-0.2, 0) is 0 Å². The van der Waals surface area contributed by atoms with Gasteiger partial charge in [0.2, 0.25) is 0 Å². The van der Waals surface area contributed by atoms with Gasteiger partial charge in [0.15, 0.2) is 5.54 Å². The van der Waals surface area contributed by atoms with E-state index < -0.39 is 17.1 Å². The van der Waals surface area contributed by atoms with E-state index in [0.717, 1.165) is 16.2 Å². The number of carbonyl (C=O) groups is 1. The van der Waals surface area contributed by atoms with Gasteiger partial charge in [0.05, 0.1) is 0 Å². The Balaban J connectivity index is 1.96. The Kier molecular flexibility index (Phi) is 3.95. The molecule has 0 aliphatic carbocycles. The summed E-state index contributed by atoms with van der Waals surface area (Å²) in [5, 5.41) is 34.0. The number of aromatic hydroxyl groups is 1. The highest BCUT2D eigenvalue weighted by Gasteiger charge is 2.61. The van der Waals surface area contributed by atoms with Crippen LogP contribution >= 0.6 is 0 Å². The fourth-order valence-corrected chi connectivity index (χ4v) is 3.49. The van der Waals surface area contributed by atoms with E-state index in [0.29, 0.717) is 18.5 Å². The van der Waals surface area contributed by atoms with Gasteiger partial charge in [-0.25, -0.2) is 5.21 Å². The molecule has 25 heavy (non-hydrogen) atoms. The molecule has 1 aromatic rings. The number of hydrogen-bond acceptors (Lipinski definition) is 5. The minimum absolute atomic E-state index is 0.0930. The highest BCUT2D eigenvalue weighted by atomic mass is 16.5. The SMILES string of the molecule is CC1(C)N(O)C(C2CCCN2C(=O)c2ccc(O)cc2)=[N+]([O-])C1(C)C. The minimum atomic E-state index is -0.826.